The van der Waals surface area contributed by atoms with Gasteiger partial charge in [0.25, 0.3) is 0 Å². The molecule has 1 saturated heterocycles. The fraction of sp³-hybridized carbons (Fsp3) is 0.667. The molecule has 3 nitrogen and oxygen atoms in total. The van der Waals surface area contributed by atoms with Crippen LogP contribution in [0.25, 0.3) is 0 Å². The summed E-state index contributed by atoms with van der Waals surface area (Å²) in [6.07, 6.45) is 8.45. The number of nitrogens with two attached hydrogens (primary N) is 1. The van der Waals surface area contributed by atoms with Gasteiger partial charge in [-0.05, 0) is 56.5 Å². The summed E-state index contributed by atoms with van der Waals surface area (Å²) in [4.78, 5) is 6.94. The summed E-state index contributed by atoms with van der Waals surface area (Å²) in [5, 5.41) is 0. The van der Waals surface area contributed by atoms with Gasteiger partial charge in [-0.3, -0.25) is 4.90 Å². The molecule has 1 aromatic rings. The van der Waals surface area contributed by atoms with Gasteiger partial charge in [0, 0.05) is 12.2 Å². The molecule has 0 saturated carbocycles. The average molecular weight is 247 g/mol. The van der Waals surface area contributed by atoms with Crippen molar-refractivity contribution >= 4 is 5.82 Å². The smallest absolute Gasteiger partial charge is 0.126 e. The standard InChI is InChI=1S/C15H25N3/c1-3-4-8-18-9-6-5-7-14(18)13-10-12(2)15(16)17-11-13/h10-11,14H,3-9H2,1-2H3,(H2,16,17)/t14-/m0/s1. The van der Waals surface area contributed by atoms with E-state index in [1.54, 1.807) is 0 Å². The minimum Gasteiger partial charge on any atom is -0.383 e. The maximum atomic E-state index is 5.81. The molecule has 0 spiro atoms. The number of aromatic nitrogens is 1. The van der Waals surface area contributed by atoms with Gasteiger partial charge in [0.05, 0.1) is 0 Å². The van der Waals surface area contributed by atoms with Crippen molar-refractivity contribution in [2.24, 2.45) is 0 Å². The van der Waals surface area contributed by atoms with Gasteiger partial charge in [0.1, 0.15) is 5.82 Å². The van der Waals surface area contributed by atoms with Crippen molar-refractivity contribution in [1.29, 1.82) is 0 Å². The number of hydrogen-bond acceptors (Lipinski definition) is 3. The lowest BCUT2D eigenvalue weighted by Crippen LogP contribution is -2.34. The highest BCUT2D eigenvalue weighted by molar-refractivity contribution is 5.40. The van der Waals surface area contributed by atoms with Gasteiger partial charge >= 0.3 is 0 Å². The Kier molecular flexibility index (Phi) is 4.59. The lowest BCUT2D eigenvalue weighted by atomic mass is 9.95. The highest BCUT2D eigenvalue weighted by Gasteiger charge is 2.23. The van der Waals surface area contributed by atoms with Gasteiger partial charge in [-0.2, -0.15) is 0 Å². The highest BCUT2D eigenvalue weighted by Crippen LogP contribution is 2.31. The van der Waals surface area contributed by atoms with Crippen molar-refractivity contribution in [3.8, 4) is 0 Å². The maximum Gasteiger partial charge on any atom is 0.126 e. The Morgan fingerprint density at radius 3 is 3.00 bits per heavy atom. The molecule has 0 unspecified atom stereocenters. The summed E-state index contributed by atoms with van der Waals surface area (Å²) < 4.78 is 0. The largest absolute Gasteiger partial charge is 0.383 e. The number of nitrogens with zero attached hydrogens (tertiary/aromatic N) is 2. The molecule has 0 radical (unpaired) electrons. The number of piperidine rings is 1. The number of rotatable bonds is 4. The molecule has 0 aliphatic carbocycles. The minimum absolute atomic E-state index is 0.553. The third kappa shape index (κ3) is 3.02. The summed E-state index contributed by atoms with van der Waals surface area (Å²) in [7, 11) is 0. The predicted molar refractivity (Wildman–Crippen MR) is 76.5 cm³/mol. The van der Waals surface area contributed by atoms with E-state index in [4.69, 9.17) is 5.73 Å². The second kappa shape index (κ2) is 6.19. The molecular formula is C15H25N3. The number of anilines is 1. The first-order valence-electron chi connectivity index (χ1n) is 7.18. The van der Waals surface area contributed by atoms with Crippen LogP contribution >= 0.6 is 0 Å². The molecule has 0 aromatic carbocycles. The van der Waals surface area contributed by atoms with Crippen molar-refractivity contribution in [2.45, 2.75) is 52.0 Å². The summed E-state index contributed by atoms with van der Waals surface area (Å²) in [6, 6.07) is 2.77. The zero-order valence-corrected chi connectivity index (χ0v) is 11.7. The van der Waals surface area contributed by atoms with Gasteiger partial charge in [-0.1, -0.05) is 19.8 Å². The first-order chi connectivity index (χ1) is 8.72. The lowest BCUT2D eigenvalue weighted by Gasteiger charge is -2.36. The van der Waals surface area contributed by atoms with Crippen molar-refractivity contribution in [3.05, 3.63) is 23.4 Å². The number of likely N-dealkylation sites (tertiary alicyclic amines) is 1. The van der Waals surface area contributed by atoms with Crippen LogP contribution < -0.4 is 5.73 Å². The quantitative estimate of drug-likeness (QED) is 0.887. The molecule has 1 aromatic heterocycles. The predicted octanol–water partition coefficient (Wildman–Crippen LogP) is 3.30. The molecule has 2 heterocycles. The van der Waals surface area contributed by atoms with Gasteiger partial charge in [-0.15, -0.1) is 0 Å². The van der Waals surface area contributed by atoms with Crippen molar-refractivity contribution < 1.29 is 0 Å². The zero-order valence-electron chi connectivity index (χ0n) is 11.7. The third-order valence-corrected chi connectivity index (χ3v) is 3.94. The highest BCUT2D eigenvalue weighted by atomic mass is 15.2. The van der Waals surface area contributed by atoms with E-state index in [0.717, 1.165) is 5.56 Å². The van der Waals surface area contributed by atoms with Gasteiger partial charge < -0.3 is 5.73 Å². The van der Waals surface area contributed by atoms with E-state index in [0.29, 0.717) is 11.9 Å². The van der Waals surface area contributed by atoms with Crippen LogP contribution in [0.2, 0.25) is 0 Å². The molecule has 18 heavy (non-hydrogen) atoms. The van der Waals surface area contributed by atoms with E-state index in [-0.39, 0.29) is 0 Å². The van der Waals surface area contributed by atoms with Crippen molar-refractivity contribution in [3.63, 3.8) is 0 Å². The second-order valence-corrected chi connectivity index (χ2v) is 5.37. The Balaban J connectivity index is 2.14. The van der Waals surface area contributed by atoms with E-state index in [9.17, 15) is 0 Å². The minimum atomic E-state index is 0.553. The van der Waals surface area contributed by atoms with Gasteiger partial charge in [0.15, 0.2) is 0 Å². The Morgan fingerprint density at radius 1 is 1.44 bits per heavy atom. The van der Waals surface area contributed by atoms with Crippen LogP contribution in [-0.2, 0) is 0 Å². The molecule has 0 bridgehead atoms. The molecule has 3 heteroatoms. The van der Waals surface area contributed by atoms with Crippen molar-refractivity contribution in [1.82, 2.24) is 9.88 Å². The fourth-order valence-electron chi connectivity index (χ4n) is 2.79. The van der Waals surface area contributed by atoms with Crippen LogP contribution in [0.5, 0.6) is 0 Å². The molecule has 0 amide bonds. The molecule has 1 aliphatic heterocycles. The van der Waals surface area contributed by atoms with Crippen LogP contribution in [0.3, 0.4) is 0 Å². The summed E-state index contributed by atoms with van der Waals surface area (Å²) >= 11 is 0. The number of unbranched alkanes of at least 4 members (excludes halogenated alkanes) is 1. The zero-order chi connectivity index (χ0) is 13.0. The van der Waals surface area contributed by atoms with E-state index >= 15 is 0 Å². The number of pyridine rings is 1. The second-order valence-electron chi connectivity index (χ2n) is 5.37. The SMILES string of the molecule is CCCCN1CCCC[C@H]1c1cnc(N)c(C)c1. The molecule has 2 rings (SSSR count). The number of aryl methyl sites for hydroxylation is 1. The first kappa shape index (κ1) is 13.3. The number of nitrogen functional groups attached to an aromatic ring is 1. The van der Waals surface area contributed by atoms with Crippen LogP contribution in [0.4, 0.5) is 5.82 Å². The fourth-order valence-corrected chi connectivity index (χ4v) is 2.79. The van der Waals surface area contributed by atoms with E-state index in [1.807, 2.05) is 13.1 Å². The topological polar surface area (TPSA) is 42.2 Å². The van der Waals surface area contributed by atoms with Crippen LogP contribution in [-0.4, -0.2) is 23.0 Å². The van der Waals surface area contributed by atoms with E-state index < -0.39 is 0 Å². The van der Waals surface area contributed by atoms with Crippen LogP contribution in [0.15, 0.2) is 12.3 Å². The molecule has 100 valence electrons. The molecule has 1 aliphatic rings. The van der Waals surface area contributed by atoms with Crippen LogP contribution in [0, 0.1) is 6.92 Å². The average Bonchev–Trinajstić information content (AvgIpc) is 2.40. The lowest BCUT2D eigenvalue weighted by molar-refractivity contribution is 0.146. The first-order valence-corrected chi connectivity index (χ1v) is 7.18. The molecule has 2 N–H and O–H groups in total. The maximum absolute atomic E-state index is 5.81. The third-order valence-electron chi connectivity index (χ3n) is 3.94. The monoisotopic (exact) mass is 247 g/mol. The summed E-state index contributed by atoms with van der Waals surface area (Å²) in [5.74, 6) is 0.662. The Bertz CT molecular complexity index is 389. The van der Waals surface area contributed by atoms with Crippen LogP contribution in [0.1, 0.15) is 56.2 Å². The Morgan fingerprint density at radius 2 is 2.28 bits per heavy atom. The van der Waals surface area contributed by atoms with Crippen molar-refractivity contribution in [2.75, 3.05) is 18.8 Å². The summed E-state index contributed by atoms with van der Waals surface area (Å²) in [6.45, 7) is 6.75. The molecule has 1 fully saturated rings. The number of hydrogen-bond donors (Lipinski definition) is 1. The molecular weight excluding hydrogens is 222 g/mol. The van der Waals surface area contributed by atoms with Gasteiger partial charge in [0.2, 0.25) is 0 Å². The Hall–Kier alpha value is -1.09. The normalized spacial score (nSPS) is 21.1. The van der Waals surface area contributed by atoms with E-state index in [2.05, 4.69) is 22.9 Å². The van der Waals surface area contributed by atoms with Gasteiger partial charge in [-0.25, -0.2) is 4.98 Å². The Labute approximate surface area is 110 Å². The van der Waals surface area contributed by atoms with E-state index in [1.165, 1.54) is 50.8 Å². The summed E-state index contributed by atoms with van der Waals surface area (Å²) in [5.41, 5.74) is 8.26. The molecule has 1 atom stereocenters.